The number of fused-ring (bicyclic) bond motifs is 1. The molecule has 0 spiro atoms. The van der Waals surface area contributed by atoms with E-state index in [-0.39, 0.29) is 101 Å². The number of aromatic hydroxyl groups is 6. The molecule has 2 saturated carbocycles. The fourth-order valence-corrected chi connectivity index (χ4v) is 10.6. The summed E-state index contributed by atoms with van der Waals surface area (Å²) in [6, 6.07) is 27.9. The van der Waals surface area contributed by atoms with Crippen molar-refractivity contribution >= 4 is 5.78 Å². The van der Waals surface area contributed by atoms with Crippen LogP contribution in [-0.2, 0) is 30.7 Å². The zero-order valence-corrected chi connectivity index (χ0v) is 32.7. The van der Waals surface area contributed by atoms with Gasteiger partial charge in [-0.2, -0.15) is 0 Å². The van der Waals surface area contributed by atoms with Crippen molar-refractivity contribution in [3.63, 3.8) is 0 Å². The molecule has 9 N–H and O–H groups in total. The molecule has 0 aromatic heterocycles. The summed E-state index contributed by atoms with van der Waals surface area (Å²) in [6.45, 7) is -0.0951. The highest BCUT2D eigenvalue weighted by Crippen LogP contribution is 2.64. The standard InChI is InChI=1S/C48H51NO10/c49-25-59-42-17-27(10-14-39(42)53)9-13-38(52)36-20-30(18-29-11-12-34(51)22-40(29)54)35-21-32-19-31(15-26-5-2-1-3-6-26)43(45(35)46(36)56)37-23-41(55)47(57)48(44(32)37)58-24-28-7-4-8-33(50)16-28/h1-8,10-12,14,16-17,22-23,30-32,35-36,43,45-46,50-51,53-57H,9,13,15,18-21,24-25,49H2/t30-,31+,32-,35-,36+,43-,45-,46+/m1/s1. The van der Waals surface area contributed by atoms with E-state index in [9.17, 15) is 40.5 Å². The average Bonchev–Trinajstić information content (AvgIpc) is 3.46. The number of ether oxygens (including phenoxy) is 2. The van der Waals surface area contributed by atoms with E-state index in [1.54, 1.807) is 48.5 Å². The van der Waals surface area contributed by atoms with Crippen LogP contribution in [0, 0.1) is 29.6 Å². The number of nitrogens with two attached hydrogens (primary N) is 1. The SMILES string of the molecule is NCOc1cc(CCC(=O)[C@@H]2C[C@@H](Cc3ccc(O)cc3O)[C@H]3C[C@H]4C[C@H](Cc5ccccc5)[C@H](c5cc(O)c(O)c(OCc6cccc(O)c6)c54)[C@@H]3[C@H]2O)ccc1O. The van der Waals surface area contributed by atoms with Gasteiger partial charge in [-0.3, -0.25) is 10.5 Å². The maximum Gasteiger partial charge on any atom is 0.200 e. The molecule has 0 saturated heterocycles. The van der Waals surface area contributed by atoms with Gasteiger partial charge in [-0.25, -0.2) is 0 Å². The Balaban J connectivity index is 1.21. The van der Waals surface area contributed by atoms with Gasteiger partial charge in [-0.1, -0.05) is 54.6 Å². The predicted octanol–water partition coefficient (Wildman–Crippen LogP) is 7.30. The second-order valence-corrected chi connectivity index (χ2v) is 16.6. The first-order valence-electron chi connectivity index (χ1n) is 20.4. The second-order valence-electron chi connectivity index (χ2n) is 16.6. The minimum atomic E-state index is -1.05. The number of phenolic OH excluding ortho intramolecular Hbond substituents is 6. The minimum Gasteiger partial charge on any atom is -0.508 e. The van der Waals surface area contributed by atoms with Crippen molar-refractivity contribution in [3.8, 4) is 46.0 Å². The molecule has 2 bridgehead atoms. The zero-order valence-electron chi connectivity index (χ0n) is 32.7. The molecule has 0 aliphatic heterocycles. The van der Waals surface area contributed by atoms with E-state index in [1.165, 1.54) is 18.2 Å². The van der Waals surface area contributed by atoms with Gasteiger partial charge in [0.25, 0.3) is 0 Å². The quantitative estimate of drug-likeness (QED) is 0.0438. The Kier molecular flexibility index (Phi) is 11.3. The van der Waals surface area contributed by atoms with Gasteiger partial charge in [0.05, 0.1) is 6.10 Å². The van der Waals surface area contributed by atoms with Crippen LogP contribution in [0.25, 0.3) is 0 Å². The lowest BCUT2D eigenvalue weighted by molar-refractivity contribution is -0.135. The van der Waals surface area contributed by atoms with Gasteiger partial charge in [0.15, 0.2) is 23.0 Å². The third-order valence-corrected chi connectivity index (χ3v) is 13.1. The highest BCUT2D eigenvalue weighted by atomic mass is 16.5. The number of hydrogen-bond donors (Lipinski definition) is 8. The third-order valence-electron chi connectivity index (χ3n) is 13.1. The Bertz CT molecular complexity index is 2310. The summed E-state index contributed by atoms with van der Waals surface area (Å²) in [4.78, 5) is 14.5. The number of aryl methyl sites for hydroxylation is 1. The number of aliphatic hydroxyl groups excluding tert-OH is 1. The summed E-state index contributed by atoms with van der Waals surface area (Å²) in [5.41, 5.74) is 10.3. The molecule has 0 radical (unpaired) electrons. The highest BCUT2D eigenvalue weighted by molar-refractivity contribution is 5.82. The zero-order chi connectivity index (χ0) is 41.4. The average molecular weight is 802 g/mol. The largest absolute Gasteiger partial charge is 0.508 e. The summed E-state index contributed by atoms with van der Waals surface area (Å²) >= 11 is 0. The first-order valence-corrected chi connectivity index (χ1v) is 20.4. The summed E-state index contributed by atoms with van der Waals surface area (Å²) in [6.07, 6.45) is 2.20. The highest BCUT2D eigenvalue weighted by Gasteiger charge is 2.56. The lowest BCUT2D eigenvalue weighted by atomic mass is 9.57. The molecular formula is C48H51NO10. The number of benzene rings is 5. The van der Waals surface area contributed by atoms with Gasteiger partial charge in [0, 0.05) is 24.0 Å². The number of Topliss-reactive ketones (excluding diaryl/α,β-unsaturated/α-hetero) is 1. The molecule has 9 rings (SSSR count). The van der Waals surface area contributed by atoms with Gasteiger partial charge in [-0.15, -0.1) is 0 Å². The van der Waals surface area contributed by atoms with Gasteiger partial charge >= 0.3 is 0 Å². The monoisotopic (exact) mass is 801 g/mol. The number of carbonyl (C=O) groups is 1. The summed E-state index contributed by atoms with van der Waals surface area (Å²) in [5, 5.41) is 77.1. The molecule has 4 aliphatic rings. The van der Waals surface area contributed by atoms with E-state index in [0.29, 0.717) is 49.7 Å². The van der Waals surface area contributed by atoms with Crippen LogP contribution < -0.4 is 15.2 Å². The Morgan fingerprint density at radius 2 is 1.47 bits per heavy atom. The van der Waals surface area contributed by atoms with E-state index in [1.807, 2.05) is 18.2 Å². The van der Waals surface area contributed by atoms with Crippen LogP contribution >= 0.6 is 0 Å². The molecule has 308 valence electrons. The van der Waals surface area contributed by atoms with Crippen molar-refractivity contribution in [2.75, 3.05) is 6.73 Å². The van der Waals surface area contributed by atoms with E-state index < -0.39 is 17.9 Å². The van der Waals surface area contributed by atoms with Crippen molar-refractivity contribution in [2.24, 2.45) is 35.3 Å². The van der Waals surface area contributed by atoms with Crippen LogP contribution in [0.3, 0.4) is 0 Å². The molecule has 0 heterocycles. The van der Waals surface area contributed by atoms with Crippen LogP contribution in [0.4, 0.5) is 0 Å². The topological polar surface area (TPSA) is 203 Å². The molecule has 0 unspecified atom stereocenters. The molecule has 8 atom stereocenters. The molecule has 2 fully saturated rings. The van der Waals surface area contributed by atoms with Crippen molar-refractivity contribution < 1.29 is 50.0 Å². The van der Waals surface area contributed by atoms with E-state index in [2.05, 4.69) is 12.1 Å². The first-order chi connectivity index (χ1) is 28.5. The summed E-state index contributed by atoms with van der Waals surface area (Å²) in [5.74, 6) is -2.48. The predicted molar refractivity (Wildman–Crippen MR) is 220 cm³/mol. The fraction of sp³-hybridized carbons (Fsp3) is 0.354. The van der Waals surface area contributed by atoms with Crippen molar-refractivity contribution in [2.45, 2.75) is 69.5 Å². The fourth-order valence-electron chi connectivity index (χ4n) is 10.6. The van der Waals surface area contributed by atoms with Crippen LogP contribution in [0.1, 0.15) is 70.9 Å². The molecule has 59 heavy (non-hydrogen) atoms. The summed E-state index contributed by atoms with van der Waals surface area (Å²) < 4.78 is 11.8. The van der Waals surface area contributed by atoms with Gasteiger partial charge in [0.2, 0.25) is 5.75 Å². The van der Waals surface area contributed by atoms with Gasteiger partial charge < -0.3 is 45.2 Å². The van der Waals surface area contributed by atoms with Gasteiger partial charge in [0.1, 0.15) is 36.4 Å². The molecule has 0 amide bonds. The lowest BCUT2D eigenvalue weighted by Crippen LogP contribution is -2.49. The number of rotatable bonds is 13. The first kappa shape index (κ1) is 39.9. The van der Waals surface area contributed by atoms with Crippen molar-refractivity contribution in [1.29, 1.82) is 0 Å². The Labute approximate surface area is 342 Å². The van der Waals surface area contributed by atoms with Crippen molar-refractivity contribution in [3.05, 3.63) is 130 Å². The number of phenols is 6. The molecular weight excluding hydrogens is 751 g/mol. The van der Waals surface area contributed by atoms with Crippen LogP contribution in [-0.4, -0.2) is 54.4 Å². The van der Waals surface area contributed by atoms with Gasteiger partial charge in [-0.05, 0) is 138 Å². The molecule has 11 heteroatoms. The Morgan fingerprint density at radius 1 is 0.695 bits per heavy atom. The van der Waals surface area contributed by atoms with Crippen molar-refractivity contribution in [1.82, 2.24) is 0 Å². The Morgan fingerprint density at radius 3 is 2.24 bits per heavy atom. The number of hydrogen-bond acceptors (Lipinski definition) is 11. The maximum atomic E-state index is 14.5. The third kappa shape index (κ3) is 8.09. The minimum absolute atomic E-state index is 0.00282. The smallest absolute Gasteiger partial charge is 0.200 e. The summed E-state index contributed by atoms with van der Waals surface area (Å²) in [7, 11) is 0. The normalized spacial score (nSPS) is 24.4. The van der Waals surface area contributed by atoms with E-state index in [0.717, 1.165) is 22.3 Å². The van der Waals surface area contributed by atoms with Crippen LogP contribution in [0.15, 0.2) is 97.1 Å². The van der Waals surface area contributed by atoms with E-state index >= 15 is 0 Å². The Hall–Kier alpha value is -5.91. The number of carbonyl (C=O) groups excluding carboxylic acids is 1. The molecule has 11 nitrogen and oxygen atoms in total. The van der Waals surface area contributed by atoms with Crippen LogP contribution in [0.2, 0.25) is 0 Å². The van der Waals surface area contributed by atoms with Crippen LogP contribution in [0.5, 0.6) is 46.0 Å². The number of aliphatic hydroxyl groups is 1. The number of ketones is 1. The lowest BCUT2D eigenvalue weighted by Gasteiger charge is -2.48. The molecule has 5 aromatic carbocycles. The molecule has 5 aromatic rings. The van der Waals surface area contributed by atoms with E-state index in [4.69, 9.17) is 15.2 Å². The molecule has 4 aliphatic carbocycles. The second kappa shape index (κ2) is 16.8. The maximum absolute atomic E-state index is 14.5.